The number of carbonyl (C=O) groups is 1. The van der Waals surface area contributed by atoms with E-state index in [1.165, 1.54) is 0 Å². The number of halogens is 1. The Bertz CT molecular complexity index is 977. The van der Waals surface area contributed by atoms with Gasteiger partial charge in [0.05, 0.1) is 11.7 Å². The van der Waals surface area contributed by atoms with Crippen molar-refractivity contribution in [3.05, 3.63) is 40.3 Å². The van der Waals surface area contributed by atoms with Gasteiger partial charge in [-0.05, 0) is 58.2 Å². The molecule has 1 aromatic heterocycles. The van der Waals surface area contributed by atoms with Crippen molar-refractivity contribution < 1.29 is 14.3 Å². The summed E-state index contributed by atoms with van der Waals surface area (Å²) in [5.74, 6) is 0.895. The van der Waals surface area contributed by atoms with Gasteiger partial charge in [-0.25, -0.2) is 9.78 Å². The summed E-state index contributed by atoms with van der Waals surface area (Å²) in [5, 5.41) is 0. The van der Waals surface area contributed by atoms with Gasteiger partial charge in [0.1, 0.15) is 18.2 Å². The number of benzene rings is 1. The molecule has 1 atom stereocenters. The van der Waals surface area contributed by atoms with Crippen LogP contribution in [-0.4, -0.2) is 47.4 Å². The van der Waals surface area contributed by atoms with Gasteiger partial charge in [-0.15, -0.1) is 0 Å². The van der Waals surface area contributed by atoms with Gasteiger partial charge in [0, 0.05) is 37.0 Å². The topological polar surface area (TPSA) is 56.6 Å². The predicted octanol–water partition coefficient (Wildman–Crippen LogP) is 7.26. The molecule has 1 unspecified atom stereocenters. The van der Waals surface area contributed by atoms with Crippen molar-refractivity contribution in [3.8, 4) is 11.3 Å². The summed E-state index contributed by atoms with van der Waals surface area (Å²) in [5.41, 5.74) is 2.65. The first kappa shape index (κ1) is 27.0. The highest BCUT2D eigenvalue weighted by molar-refractivity contribution is 9.10. The van der Waals surface area contributed by atoms with E-state index in [0.29, 0.717) is 13.3 Å². The van der Waals surface area contributed by atoms with Gasteiger partial charge in [-0.2, -0.15) is 0 Å². The number of nitrogens with zero attached hydrogens (tertiary/aromatic N) is 3. The molecule has 2 aromatic rings. The van der Waals surface area contributed by atoms with Gasteiger partial charge in [-0.3, -0.25) is 4.90 Å². The van der Waals surface area contributed by atoms with Crippen LogP contribution >= 0.6 is 15.9 Å². The van der Waals surface area contributed by atoms with Crippen molar-refractivity contribution in [3.63, 3.8) is 0 Å². The fourth-order valence-electron chi connectivity index (χ4n) is 4.21. The van der Waals surface area contributed by atoms with Crippen molar-refractivity contribution in [1.29, 1.82) is 0 Å². The van der Waals surface area contributed by atoms with Crippen LogP contribution in [0.3, 0.4) is 0 Å². The molecule has 6 nitrogen and oxygen atoms in total. The number of rotatable bonds is 8. The summed E-state index contributed by atoms with van der Waals surface area (Å²) in [4.78, 5) is 20.0. The Morgan fingerprint density at radius 2 is 1.88 bits per heavy atom. The molecule has 1 amide bonds. The van der Waals surface area contributed by atoms with Gasteiger partial charge in [0.15, 0.2) is 0 Å². The average molecular weight is 551 g/mol. The number of hydrogen-bond donors (Lipinski definition) is 0. The number of imidazole rings is 1. The lowest BCUT2D eigenvalue weighted by molar-refractivity contribution is 0.0203. The Balaban J connectivity index is 1.98. The van der Waals surface area contributed by atoms with Gasteiger partial charge in [0.2, 0.25) is 0 Å². The van der Waals surface area contributed by atoms with Crippen LogP contribution in [0.15, 0.2) is 28.7 Å². The van der Waals surface area contributed by atoms with Crippen molar-refractivity contribution >= 4 is 30.1 Å². The first-order valence-electron chi connectivity index (χ1n) is 12.3. The van der Waals surface area contributed by atoms with Crippen molar-refractivity contribution in [2.45, 2.75) is 91.0 Å². The molecule has 0 radical (unpaired) electrons. The zero-order valence-corrected chi connectivity index (χ0v) is 24.4. The number of likely N-dealkylation sites (tertiary alicyclic amines) is 1. The van der Waals surface area contributed by atoms with Gasteiger partial charge >= 0.3 is 6.09 Å². The second kappa shape index (κ2) is 11.0. The van der Waals surface area contributed by atoms with Gasteiger partial charge < -0.3 is 14.0 Å². The second-order valence-corrected chi connectivity index (χ2v) is 17.8. The van der Waals surface area contributed by atoms with Crippen molar-refractivity contribution in [1.82, 2.24) is 14.5 Å². The standard InChI is InChI=1S/C26H40BrN3O3Si/c1-8-21-23(19-11-13-20(27)14-12-19)28-24(30(21)18-32-16-17-34(5,6)7)22-10-9-15-29(22)25(31)33-26(2,3)4/h11-14,22H,8-10,15-18H2,1-7H3. The third-order valence-electron chi connectivity index (χ3n) is 5.95. The fraction of sp³-hybridized carbons (Fsp3) is 0.615. The molecule has 8 heteroatoms. The van der Waals surface area contributed by atoms with E-state index in [1.807, 2.05) is 37.8 Å². The van der Waals surface area contributed by atoms with E-state index in [9.17, 15) is 4.79 Å². The van der Waals surface area contributed by atoms with Crippen LogP contribution in [-0.2, 0) is 22.6 Å². The zero-order chi connectivity index (χ0) is 25.1. The molecule has 188 valence electrons. The quantitative estimate of drug-likeness (QED) is 0.256. The number of aromatic nitrogens is 2. The summed E-state index contributed by atoms with van der Waals surface area (Å²) in [6.45, 7) is 16.8. The Morgan fingerprint density at radius 3 is 2.47 bits per heavy atom. The van der Waals surface area contributed by atoms with Crippen molar-refractivity contribution in [2.24, 2.45) is 0 Å². The van der Waals surface area contributed by atoms with E-state index in [4.69, 9.17) is 14.5 Å². The first-order chi connectivity index (χ1) is 15.9. The molecule has 0 saturated carbocycles. The molecule has 1 fully saturated rings. The third kappa shape index (κ3) is 6.95. The minimum atomic E-state index is -1.18. The minimum absolute atomic E-state index is 0.120. The predicted molar refractivity (Wildman–Crippen MR) is 144 cm³/mol. The first-order valence-corrected chi connectivity index (χ1v) is 16.8. The minimum Gasteiger partial charge on any atom is -0.444 e. The fourth-order valence-corrected chi connectivity index (χ4v) is 5.23. The maximum absolute atomic E-state index is 13.0. The Labute approximate surface area is 214 Å². The summed E-state index contributed by atoms with van der Waals surface area (Å²) >= 11 is 3.53. The average Bonchev–Trinajstić information content (AvgIpc) is 3.34. The van der Waals surface area contributed by atoms with Crippen molar-refractivity contribution in [2.75, 3.05) is 13.2 Å². The molecule has 0 spiro atoms. The highest BCUT2D eigenvalue weighted by atomic mass is 79.9. The number of ether oxygens (including phenoxy) is 2. The van der Waals surface area contributed by atoms with E-state index >= 15 is 0 Å². The lowest BCUT2D eigenvalue weighted by Crippen LogP contribution is -2.37. The SMILES string of the molecule is CCc1c(-c2ccc(Br)cc2)nc(C2CCCN2C(=O)OC(C)(C)C)n1COCC[Si](C)(C)C. The lowest BCUT2D eigenvalue weighted by Gasteiger charge is -2.29. The molecule has 34 heavy (non-hydrogen) atoms. The van der Waals surface area contributed by atoms with E-state index in [2.05, 4.69) is 59.2 Å². The molecule has 1 aromatic carbocycles. The number of carbonyl (C=O) groups excluding carboxylic acids is 1. The van der Waals surface area contributed by atoms with Crippen LogP contribution in [0.5, 0.6) is 0 Å². The van der Waals surface area contributed by atoms with Crippen LogP contribution in [0.25, 0.3) is 11.3 Å². The van der Waals surface area contributed by atoms with Crippen LogP contribution < -0.4 is 0 Å². The molecular weight excluding hydrogens is 510 g/mol. The molecule has 1 aliphatic heterocycles. The van der Waals surface area contributed by atoms with Crippen LogP contribution in [0.1, 0.15) is 58.1 Å². The number of amides is 1. The molecular formula is C26H40BrN3O3Si. The molecule has 0 aliphatic carbocycles. The Kier molecular flexibility index (Phi) is 8.69. The smallest absolute Gasteiger partial charge is 0.410 e. The molecule has 1 aliphatic rings. The number of hydrogen-bond acceptors (Lipinski definition) is 4. The second-order valence-electron chi connectivity index (χ2n) is 11.2. The van der Waals surface area contributed by atoms with Gasteiger partial charge in [0.25, 0.3) is 0 Å². The van der Waals surface area contributed by atoms with Crippen LogP contribution in [0, 0.1) is 0 Å². The van der Waals surface area contributed by atoms with E-state index in [1.54, 1.807) is 0 Å². The molecule has 0 bridgehead atoms. The molecule has 0 N–H and O–H groups in total. The largest absolute Gasteiger partial charge is 0.444 e. The maximum Gasteiger partial charge on any atom is 0.410 e. The normalized spacial score (nSPS) is 16.8. The van der Waals surface area contributed by atoms with E-state index in [0.717, 1.165) is 59.2 Å². The zero-order valence-electron chi connectivity index (χ0n) is 21.8. The Hall–Kier alpha value is -1.64. The van der Waals surface area contributed by atoms with E-state index < -0.39 is 13.7 Å². The van der Waals surface area contributed by atoms with E-state index in [-0.39, 0.29) is 12.1 Å². The maximum atomic E-state index is 13.0. The van der Waals surface area contributed by atoms with Crippen LogP contribution in [0.4, 0.5) is 4.79 Å². The van der Waals surface area contributed by atoms with Gasteiger partial charge in [-0.1, -0.05) is 54.6 Å². The summed E-state index contributed by atoms with van der Waals surface area (Å²) in [6.07, 6.45) is 2.36. The Morgan fingerprint density at radius 1 is 1.21 bits per heavy atom. The highest BCUT2D eigenvalue weighted by Gasteiger charge is 2.37. The molecule has 3 rings (SSSR count). The summed E-state index contributed by atoms with van der Waals surface area (Å²) in [7, 11) is -1.18. The van der Waals surface area contributed by atoms with Crippen LogP contribution in [0.2, 0.25) is 25.7 Å². The third-order valence-corrected chi connectivity index (χ3v) is 8.18. The highest BCUT2D eigenvalue weighted by Crippen LogP contribution is 2.36. The molecule has 1 saturated heterocycles. The monoisotopic (exact) mass is 549 g/mol. The lowest BCUT2D eigenvalue weighted by atomic mass is 10.1. The summed E-state index contributed by atoms with van der Waals surface area (Å²) < 4.78 is 15.2. The molecule has 2 heterocycles. The summed E-state index contributed by atoms with van der Waals surface area (Å²) in [6, 6.07) is 9.26.